The van der Waals surface area contributed by atoms with Crippen LogP contribution in [0, 0.1) is 26.0 Å². The molecule has 0 aliphatic carbocycles. The van der Waals surface area contributed by atoms with E-state index in [0.717, 1.165) is 5.69 Å². The Hall–Kier alpha value is -1.29. The molecule has 0 aliphatic heterocycles. The Morgan fingerprint density at radius 2 is 2.38 bits per heavy atom. The van der Waals surface area contributed by atoms with Gasteiger partial charge in [0, 0.05) is 24.2 Å². The fourth-order valence-electron chi connectivity index (χ4n) is 1.26. The van der Waals surface area contributed by atoms with Crippen LogP contribution in [0.5, 0.6) is 0 Å². The third-order valence-corrected chi connectivity index (χ3v) is 2.85. The fourth-order valence-corrected chi connectivity index (χ4v) is 1.97. The zero-order valence-electron chi connectivity index (χ0n) is 8.74. The highest BCUT2D eigenvalue weighted by atomic mass is 127. The average Bonchev–Trinajstić information content (AvgIpc) is 2.17. The molecule has 1 aromatic carbocycles. The number of nitrogens with zero attached hydrogens (tertiary/aromatic N) is 1. The minimum absolute atomic E-state index is 0.121. The van der Waals surface area contributed by atoms with Crippen molar-refractivity contribution in [3.8, 4) is 12.3 Å². The number of hydrogen-bond acceptors (Lipinski definition) is 3. The molecule has 0 aromatic heterocycles. The summed E-state index contributed by atoms with van der Waals surface area (Å²) >= 11 is 1.95. The summed E-state index contributed by atoms with van der Waals surface area (Å²) in [5.74, 6) is 2.56. The van der Waals surface area contributed by atoms with Gasteiger partial charge in [0.1, 0.15) is 0 Å². The summed E-state index contributed by atoms with van der Waals surface area (Å²) in [5, 5.41) is 13.8. The Bertz CT molecular complexity index is 440. The summed E-state index contributed by atoms with van der Waals surface area (Å²) in [7, 11) is 0. The molecule has 1 rings (SSSR count). The molecule has 0 saturated heterocycles. The minimum atomic E-state index is -0.392. The van der Waals surface area contributed by atoms with Gasteiger partial charge in [-0.2, -0.15) is 0 Å². The summed E-state index contributed by atoms with van der Waals surface area (Å²) < 4.78 is 0.612. The quantitative estimate of drug-likeness (QED) is 0.400. The molecule has 1 N–H and O–H groups in total. The highest BCUT2D eigenvalue weighted by Crippen LogP contribution is 2.24. The van der Waals surface area contributed by atoms with E-state index < -0.39 is 4.92 Å². The number of rotatable bonds is 4. The Labute approximate surface area is 108 Å². The van der Waals surface area contributed by atoms with Crippen LogP contribution >= 0.6 is 22.6 Å². The second-order valence-electron chi connectivity index (χ2n) is 3.38. The first-order valence-electron chi connectivity index (χ1n) is 4.68. The van der Waals surface area contributed by atoms with Crippen molar-refractivity contribution in [1.29, 1.82) is 0 Å². The van der Waals surface area contributed by atoms with Gasteiger partial charge in [0.05, 0.1) is 8.49 Å². The van der Waals surface area contributed by atoms with Crippen LogP contribution in [-0.4, -0.2) is 11.0 Å². The number of nitro groups is 1. The molecule has 0 fully saturated rings. The van der Waals surface area contributed by atoms with Crippen LogP contribution in [-0.2, 0) is 0 Å². The SMILES string of the molecule is C#CCC(C)Nc1ccc([N+](=O)[O-])c(I)c1. The smallest absolute Gasteiger partial charge is 0.282 e. The molecule has 0 heterocycles. The van der Waals surface area contributed by atoms with Gasteiger partial charge in [-0.15, -0.1) is 12.3 Å². The van der Waals surface area contributed by atoms with Crippen molar-refractivity contribution in [3.63, 3.8) is 0 Å². The van der Waals surface area contributed by atoms with E-state index in [0.29, 0.717) is 9.99 Å². The summed E-state index contributed by atoms with van der Waals surface area (Å²) in [6.07, 6.45) is 5.81. The van der Waals surface area contributed by atoms with E-state index in [9.17, 15) is 10.1 Å². The van der Waals surface area contributed by atoms with Crippen molar-refractivity contribution in [2.75, 3.05) is 5.32 Å². The Morgan fingerprint density at radius 1 is 1.69 bits per heavy atom. The van der Waals surface area contributed by atoms with Crippen LogP contribution in [0.4, 0.5) is 11.4 Å². The summed E-state index contributed by atoms with van der Waals surface area (Å²) in [5.41, 5.74) is 0.966. The average molecular weight is 330 g/mol. The summed E-state index contributed by atoms with van der Waals surface area (Å²) in [4.78, 5) is 10.2. The van der Waals surface area contributed by atoms with Gasteiger partial charge in [-0.1, -0.05) is 0 Å². The molecular formula is C11H11IN2O2. The number of nitro benzene ring substituents is 1. The second-order valence-corrected chi connectivity index (χ2v) is 4.54. The largest absolute Gasteiger partial charge is 0.382 e. The number of hydrogen-bond donors (Lipinski definition) is 1. The molecule has 84 valence electrons. The van der Waals surface area contributed by atoms with Crippen molar-refractivity contribution in [3.05, 3.63) is 31.9 Å². The second kappa shape index (κ2) is 5.70. The van der Waals surface area contributed by atoms with Gasteiger partial charge in [-0.25, -0.2) is 0 Å². The van der Waals surface area contributed by atoms with Gasteiger partial charge in [0.2, 0.25) is 0 Å². The fraction of sp³-hybridized carbons (Fsp3) is 0.273. The topological polar surface area (TPSA) is 55.2 Å². The Kier molecular flexibility index (Phi) is 4.55. The maximum absolute atomic E-state index is 10.6. The molecule has 0 bridgehead atoms. The molecule has 1 atom stereocenters. The van der Waals surface area contributed by atoms with Crippen molar-refractivity contribution in [2.45, 2.75) is 19.4 Å². The molecule has 16 heavy (non-hydrogen) atoms. The molecule has 5 heteroatoms. The van der Waals surface area contributed by atoms with Crippen molar-refractivity contribution < 1.29 is 4.92 Å². The molecule has 0 amide bonds. The van der Waals surface area contributed by atoms with Crippen molar-refractivity contribution >= 4 is 34.0 Å². The van der Waals surface area contributed by atoms with Crippen molar-refractivity contribution in [1.82, 2.24) is 0 Å². The molecule has 1 unspecified atom stereocenters. The minimum Gasteiger partial charge on any atom is -0.382 e. The predicted octanol–water partition coefficient (Wildman–Crippen LogP) is 3.02. The standard InChI is InChI=1S/C11H11IN2O2/c1-3-4-8(2)13-9-5-6-11(14(15)16)10(12)7-9/h1,5-8,13H,4H2,2H3. The first-order chi connectivity index (χ1) is 7.54. The normalized spacial score (nSPS) is 11.6. The maximum atomic E-state index is 10.6. The van der Waals surface area contributed by atoms with Gasteiger partial charge < -0.3 is 5.32 Å². The van der Waals surface area contributed by atoms with E-state index in [2.05, 4.69) is 11.2 Å². The number of benzene rings is 1. The molecule has 0 saturated carbocycles. The van der Waals surface area contributed by atoms with Gasteiger partial charge in [0.25, 0.3) is 5.69 Å². The molecule has 0 spiro atoms. The lowest BCUT2D eigenvalue weighted by molar-refractivity contribution is -0.385. The van der Waals surface area contributed by atoms with Gasteiger partial charge in [0.15, 0.2) is 0 Å². The molecule has 1 aromatic rings. The first kappa shape index (κ1) is 12.8. The summed E-state index contributed by atoms with van der Waals surface area (Å²) in [6, 6.07) is 5.08. The number of halogens is 1. The van der Waals surface area contributed by atoms with Crippen LogP contribution in [0.15, 0.2) is 18.2 Å². The van der Waals surface area contributed by atoms with E-state index in [1.807, 2.05) is 29.5 Å². The highest BCUT2D eigenvalue weighted by molar-refractivity contribution is 14.1. The van der Waals surface area contributed by atoms with E-state index in [1.54, 1.807) is 12.1 Å². The van der Waals surface area contributed by atoms with E-state index in [-0.39, 0.29) is 11.7 Å². The van der Waals surface area contributed by atoms with E-state index in [1.165, 1.54) is 6.07 Å². The number of anilines is 1. The van der Waals surface area contributed by atoms with Gasteiger partial charge in [-0.3, -0.25) is 10.1 Å². The third kappa shape index (κ3) is 3.38. The Morgan fingerprint density at radius 3 is 2.88 bits per heavy atom. The lowest BCUT2D eigenvalue weighted by atomic mass is 10.2. The molecule has 4 nitrogen and oxygen atoms in total. The van der Waals surface area contributed by atoms with Gasteiger partial charge >= 0.3 is 0 Å². The zero-order valence-corrected chi connectivity index (χ0v) is 10.9. The van der Waals surface area contributed by atoms with Gasteiger partial charge in [-0.05, 0) is 41.6 Å². The molecular weight excluding hydrogens is 319 g/mol. The lowest BCUT2D eigenvalue weighted by Crippen LogP contribution is -2.14. The summed E-state index contributed by atoms with van der Waals surface area (Å²) in [6.45, 7) is 1.97. The Balaban J connectivity index is 2.82. The predicted molar refractivity (Wildman–Crippen MR) is 72.3 cm³/mol. The zero-order chi connectivity index (χ0) is 12.1. The lowest BCUT2D eigenvalue weighted by Gasteiger charge is -2.12. The van der Waals surface area contributed by atoms with Crippen LogP contribution in [0.1, 0.15) is 13.3 Å². The monoisotopic (exact) mass is 330 g/mol. The molecule has 0 radical (unpaired) electrons. The van der Waals surface area contributed by atoms with E-state index >= 15 is 0 Å². The van der Waals surface area contributed by atoms with Crippen LogP contribution in [0.2, 0.25) is 0 Å². The third-order valence-electron chi connectivity index (χ3n) is 1.98. The van der Waals surface area contributed by atoms with Crippen molar-refractivity contribution in [2.24, 2.45) is 0 Å². The van der Waals surface area contributed by atoms with Crippen LogP contribution < -0.4 is 5.32 Å². The maximum Gasteiger partial charge on any atom is 0.282 e. The van der Waals surface area contributed by atoms with Crippen LogP contribution in [0.25, 0.3) is 0 Å². The van der Waals surface area contributed by atoms with E-state index in [4.69, 9.17) is 6.42 Å². The van der Waals surface area contributed by atoms with Crippen LogP contribution in [0.3, 0.4) is 0 Å². The number of terminal acetylenes is 1. The molecule has 0 aliphatic rings. The number of nitrogens with one attached hydrogen (secondary N) is 1. The first-order valence-corrected chi connectivity index (χ1v) is 5.76. The highest BCUT2D eigenvalue weighted by Gasteiger charge is 2.11.